The molecule has 74 valence electrons. The quantitative estimate of drug-likeness (QED) is 0.524. The molecule has 0 heterocycles. The third-order valence-corrected chi connectivity index (χ3v) is 2.20. The number of hydrogen-bond acceptors (Lipinski definition) is 1. The monoisotopic (exact) mass is 188 g/mol. The van der Waals surface area contributed by atoms with Crippen LogP contribution in [0.2, 0.25) is 0 Å². The Morgan fingerprint density at radius 3 is 2.50 bits per heavy atom. The molecule has 0 aliphatic carbocycles. The van der Waals surface area contributed by atoms with Crippen molar-refractivity contribution in [2.24, 2.45) is 5.92 Å². The van der Waals surface area contributed by atoms with Crippen molar-refractivity contribution in [1.82, 2.24) is 0 Å². The highest BCUT2D eigenvalue weighted by Gasteiger charge is 1.98. The van der Waals surface area contributed by atoms with E-state index < -0.39 is 0 Å². The molecule has 1 rings (SSSR count). The van der Waals surface area contributed by atoms with E-state index in [-0.39, 0.29) is 0 Å². The minimum absolute atomic E-state index is 0.419. The Morgan fingerprint density at radius 2 is 1.93 bits per heavy atom. The fraction of sp³-hybridized carbons (Fsp3) is 0.308. The minimum atomic E-state index is 0.419. The summed E-state index contributed by atoms with van der Waals surface area (Å²) in [7, 11) is 0. The molecule has 1 nitrogen and oxygen atoms in total. The molecule has 0 aliphatic heterocycles. The van der Waals surface area contributed by atoms with Gasteiger partial charge < -0.3 is 0 Å². The number of aryl methyl sites for hydroxylation is 1. The summed E-state index contributed by atoms with van der Waals surface area (Å²) in [5.74, 6) is 0.419. The molecule has 0 spiro atoms. The molecule has 1 aromatic rings. The first-order valence-electron chi connectivity index (χ1n) is 4.90. The number of hydrogen-bond donors (Lipinski definition) is 0. The zero-order chi connectivity index (χ0) is 10.4. The Hall–Kier alpha value is -1.37. The van der Waals surface area contributed by atoms with Crippen LogP contribution in [0.1, 0.15) is 18.1 Å². The van der Waals surface area contributed by atoms with Crippen LogP contribution in [-0.4, -0.2) is 6.29 Å². The van der Waals surface area contributed by atoms with Gasteiger partial charge in [0.25, 0.3) is 0 Å². The van der Waals surface area contributed by atoms with E-state index in [2.05, 4.69) is 38.1 Å². The van der Waals surface area contributed by atoms with Crippen LogP contribution in [0.5, 0.6) is 0 Å². The first-order valence-corrected chi connectivity index (χ1v) is 4.90. The fourth-order valence-corrected chi connectivity index (χ4v) is 1.40. The van der Waals surface area contributed by atoms with E-state index >= 15 is 0 Å². The molecule has 0 saturated heterocycles. The number of allylic oxidation sites excluding steroid dienone is 2. The van der Waals surface area contributed by atoms with Crippen molar-refractivity contribution in [3.63, 3.8) is 0 Å². The van der Waals surface area contributed by atoms with Crippen LogP contribution in [0.25, 0.3) is 0 Å². The average molecular weight is 188 g/mol. The number of benzene rings is 1. The van der Waals surface area contributed by atoms with Crippen molar-refractivity contribution in [1.29, 1.82) is 0 Å². The van der Waals surface area contributed by atoms with Crippen LogP contribution in [0.3, 0.4) is 0 Å². The maximum Gasteiger partial charge on any atom is 0.142 e. The van der Waals surface area contributed by atoms with Gasteiger partial charge in [0.05, 0.1) is 0 Å². The lowest BCUT2D eigenvalue weighted by molar-refractivity contribution is -0.104. The van der Waals surface area contributed by atoms with Crippen molar-refractivity contribution in [2.45, 2.75) is 20.3 Å². The van der Waals surface area contributed by atoms with E-state index in [1.165, 1.54) is 11.1 Å². The molecule has 14 heavy (non-hydrogen) atoms. The zero-order valence-corrected chi connectivity index (χ0v) is 8.73. The molecule has 0 saturated carbocycles. The Kier molecular flexibility index (Phi) is 4.11. The van der Waals surface area contributed by atoms with E-state index in [0.29, 0.717) is 5.92 Å². The van der Waals surface area contributed by atoms with Gasteiger partial charge in [0.2, 0.25) is 0 Å². The second-order valence-corrected chi connectivity index (χ2v) is 3.69. The van der Waals surface area contributed by atoms with Crippen LogP contribution >= 0.6 is 0 Å². The first-order chi connectivity index (χ1) is 6.72. The van der Waals surface area contributed by atoms with Gasteiger partial charge in [0.15, 0.2) is 0 Å². The van der Waals surface area contributed by atoms with Crippen molar-refractivity contribution in [2.75, 3.05) is 0 Å². The van der Waals surface area contributed by atoms with Gasteiger partial charge in [0.1, 0.15) is 6.29 Å². The topological polar surface area (TPSA) is 17.1 Å². The molecule has 0 radical (unpaired) electrons. The highest BCUT2D eigenvalue weighted by molar-refractivity contribution is 5.64. The Bertz CT molecular complexity index is 309. The van der Waals surface area contributed by atoms with Gasteiger partial charge in [-0.2, -0.15) is 0 Å². The smallest absolute Gasteiger partial charge is 0.142 e. The second kappa shape index (κ2) is 5.38. The molecule has 0 aliphatic rings. The summed E-state index contributed by atoms with van der Waals surface area (Å²) in [5.41, 5.74) is 2.60. The van der Waals surface area contributed by atoms with Crippen LogP contribution in [0.4, 0.5) is 0 Å². The normalized spacial score (nSPS) is 13.0. The maximum absolute atomic E-state index is 10.1. The Labute approximate surface area is 85.5 Å². The summed E-state index contributed by atoms with van der Waals surface area (Å²) in [5, 5.41) is 0. The molecule has 0 amide bonds. The Balaban J connectivity index is 2.55. The highest BCUT2D eigenvalue weighted by atomic mass is 16.1. The summed E-state index contributed by atoms with van der Waals surface area (Å²) < 4.78 is 0. The van der Waals surface area contributed by atoms with Crippen molar-refractivity contribution in [3.8, 4) is 0 Å². The van der Waals surface area contributed by atoms with Crippen LogP contribution in [-0.2, 0) is 11.2 Å². The van der Waals surface area contributed by atoms with E-state index in [9.17, 15) is 4.79 Å². The van der Waals surface area contributed by atoms with Crippen molar-refractivity contribution >= 4 is 6.29 Å². The lowest BCUT2D eigenvalue weighted by Crippen LogP contribution is -1.95. The largest absolute Gasteiger partial charge is 0.299 e. The number of aldehydes is 1. The highest BCUT2D eigenvalue weighted by Crippen LogP contribution is 2.10. The molecule has 1 aromatic carbocycles. The number of carbonyl (C=O) groups is 1. The molecule has 0 N–H and O–H groups in total. The van der Waals surface area contributed by atoms with Crippen molar-refractivity contribution < 1.29 is 4.79 Å². The van der Waals surface area contributed by atoms with Crippen molar-refractivity contribution in [3.05, 3.63) is 47.5 Å². The van der Waals surface area contributed by atoms with Gasteiger partial charge in [-0.05, 0) is 30.9 Å². The predicted molar refractivity (Wildman–Crippen MR) is 59.3 cm³/mol. The number of rotatable bonds is 4. The molecular weight excluding hydrogens is 172 g/mol. The van der Waals surface area contributed by atoms with Gasteiger partial charge in [-0.25, -0.2) is 0 Å². The van der Waals surface area contributed by atoms with E-state index in [1.807, 2.05) is 6.08 Å². The van der Waals surface area contributed by atoms with E-state index in [4.69, 9.17) is 0 Å². The third kappa shape index (κ3) is 3.56. The standard InChI is InChI=1S/C13H16O/c1-11-5-7-13(8-6-11)10-12(2)4-3-9-14/h3-9,12H,10H2,1-2H3. The summed E-state index contributed by atoms with van der Waals surface area (Å²) in [4.78, 5) is 10.1. The zero-order valence-electron chi connectivity index (χ0n) is 8.73. The van der Waals surface area contributed by atoms with Gasteiger partial charge in [-0.3, -0.25) is 4.79 Å². The third-order valence-electron chi connectivity index (χ3n) is 2.20. The number of carbonyl (C=O) groups excluding carboxylic acids is 1. The minimum Gasteiger partial charge on any atom is -0.299 e. The first kappa shape index (κ1) is 10.7. The molecule has 1 atom stereocenters. The van der Waals surface area contributed by atoms with Crippen LogP contribution in [0, 0.1) is 12.8 Å². The summed E-state index contributed by atoms with van der Waals surface area (Å²) >= 11 is 0. The van der Waals surface area contributed by atoms with Gasteiger partial charge in [-0.1, -0.05) is 42.8 Å². The maximum atomic E-state index is 10.1. The predicted octanol–water partition coefficient (Wildman–Crippen LogP) is 2.93. The molecule has 0 fully saturated rings. The summed E-state index contributed by atoms with van der Waals surface area (Å²) in [6, 6.07) is 8.51. The molecular formula is C13H16O. The summed E-state index contributed by atoms with van der Waals surface area (Å²) in [6.07, 6.45) is 5.32. The van der Waals surface area contributed by atoms with Gasteiger partial charge in [0, 0.05) is 0 Å². The molecule has 0 aromatic heterocycles. The average Bonchev–Trinajstić information content (AvgIpc) is 2.18. The molecule has 0 bridgehead atoms. The second-order valence-electron chi connectivity index (χ2n) is 3.69. The van der Waals surface area contributed by atoms with Gasteiger partial charge >= 0.3 is 0 Å². The fourth-order valence-electron chi connectivity index (χ4n) is 1.40. The van der Waals surface area contributed by atoms with E-state index in [0.717, 1.165) is 12.7 Å². The Morgan fingerprint density at radius 1 is 1.29 bits per heavy atom. The van der Waals surface area contributed by atoms with E-state index in [1.54, 1.807) is 6.08 Å². The lowest BCUT2D eigenvalue weighted by atomic mass is 10.00. The molecule has 1 unspecified atom stereocenters. The summed E-state index contributed by atoms with van der Waals surface area (Å²) in [6.45, 7) is 4.19. The van der Waals surface area contributed by atoms with Crippen LogP contribution < -0.4 is 0 Å². The SMILES string of the molecule is Cc1ccc(CC(C)C=CC=O)cc1. The van der Waals surface area contributed by atoms with Crippen LogP contribution in [0.15, 0.2) is 36.4 Å². The lowest BCUT2D eigenvalue weighted by Gasteiger charge is -2.05. The molecule has 1 heteroatoms. The van der Waals surface area contributed by atoms with Gasteiger partial charge in [-0.15, -0.1) is 0 Å².